The van der Waals surface area contributed by atoms with E-state index < -0.39 is 0 Å². The van der Waals surface area contributed by atoms with Gasteiger partial charge in [0.1, 0.15) is 0 Å². The van der Waals surface area contributed by atoms with E-state index in [1.54, 1.807) is 0 Å². The molecular formula is C28H76. The summed E-state index contributed by atoms with van der Waals surface area (Å²) in [6, 6.07) is 0. The zero-order valence-electron chi connectivity index (χ0n) is 24.4. The molecule has 0 spiro atoms. The highest BCUT2D eigenvalue weighted by Gasteiger charge is 1.38. The minimum atomic E-state index is 0. The van der Waals surface area contributed by atoms with Crippen LogP contribution in [0.2, 0.25) is 0 Å². The lowest BCUT2D eigenvalue weighted by Gasteiger charge is -1.48. The Balaban J connectivity index is -0.0000000162. The minimum Gasteiger partial charge on any atom is -0.0776 e. The number of hydrogen-bond acceptors (Lipinski definition) is 0. The Morgan fingerprint density at radius 3 is 0.179 bits per heavy atom. The van der Waals surface area contributed by atoms with Crippen LogP contribution in [0, 0.1) is 0 Å². The lowest BCUT2D eigenvalue weighted by Crippen LogP contribution is -1.27. The highest BCUT2D eigenvalue weighted by Crippen LogP contribution is 1.58. The number of rotatable bonds is 0. The highest BCUT2D eigenvalue weighted by molar-refractivity contribution is 3.94. The molecule has 0 saturated heterocycles. The molecule has 0 unspecified atom stereocenters. The Bertz CT molecular complexity index is 28.5. The van der Waals surface area contributed by atoms with Crippen molar-refractivity contribution in [2.24, 2.45) is 0 Å². The van der Waals surface area contributed by atoms with Gasteiger partial charge in [0.15, 0.2) is 0 Å². The van der Waals surface area contributed by atoms with Crippen molar-refractivity contribution in [1.29, 1.82) is 0 Å². The van der Waals surface area contributed by atoms with Crippen LogP contribution in [-0.2, 0) is 0 Å². The number of hydrogen-bond donors (Lipinski definition) is 0. The third-order valence-corrected chi connectivity index (χ3v) is 0. The SMILES string of the molecule is C.CCC.CCC.CCC.CCC.CCC.CCC.CCC.CCC.CCC. The van der Waals surface area contributed by atoms with Gasteiger partial charge in [0.25, 0.3) is 0 Å². The predicted octanol–water partition coefficient (Wildman–Crippen LogP) is 13.4. The fourth-order valence-electron chi connectivity index (χ4n) is 0. The minimum absolute atomic E-state index is 0. The van der Waals surface area contributed by atoms with Gasteiger partial charge in [0.05, 0.1) is 0 Å². The monoisotopic (exact) mass is 413 g/mol. The molecule has 0 amide bonds. The third-order valence-electron chi connectivity index (χ3n) is 0. The summed E-state index contributed by atoms with van der Waals surface area (Å²) in [5.74, 6) is 0. The molecule has 0 rings (SSSR count). The standard InChI is InChI=1S/9C3H8.CH4/c9*1-3-2;/h9*3H2,1-2H3;1H4. The molecule has 0 aromatic heterocycles. The maximum atomic E-state index is 2.12. The van der Waals surface area contributed by atoms with Crippen LogP contribution in [0.5, 0.6) is 0 Å². The van der Waals surface area contributed by atoms with Crippen LogP contribution < -0.4 is 0 Å². The molecule has 0 aliphatic heterocycles. The van der Waals surface area contributed by atoms with Crippen LogP contribution >= 0.6 is 0 Å². The van der Waals surface area contributed by atoms with Gasteiger partial charge in [-0.3, -0.25) is 0 Å². The molecule has 0 bridgehead atoms. The van der Waals surface area contributed by atoms with E-state index in [9.17, 15) is 0 Å². The quantitative estimate of drug-likeness (QED) is 0.371. The first-order chi connectivity index (χ1) is 12.7. The molecule has 0 saturated carbocycles. The summed E-state index contributed by atoms with van der Waals surface area (Å²) < 4.78 is 0. The van der Waals surface area contributed by atoms with Crippen molar-refractivity contribution < 1.29 is 0 Å². The van der Waals surface area contributed by atoms with E-state index in [2.05, 4.69) is 125 Å². The fourth-order valence-corrected chi connectivity index (χ4v) is 0. The average Bonchev–Trinajstić information content (AvgIpc) is 2.53. The van der Waals surface area contributed by atoms with E-state index in [0.29, 0.717) is 0 Å². The second-order valence-corrected chi connectivity index (χ2v) is 6.36. The summed E-state index contributed by atoms with van der Waals surface area (Å²) in [7, 11) is 0. The summed E-state index contributed by atoms with van der Waals surface area (Å²) in [5.41, 5.74) is 0. The van der Waals surface area contributed by atoms with Crippen LogP contribution in [-0.4, -0.2) is 0 Å². The third kappa shape index (κ3) is 0. The Kier molecular flexibility index (Phi) is 507. The molecule has 0 heterocycles. The summed E-state index contributed by atoms with van der Waals surface area (Å²) in [4.78, 5) is 0. The molecule has 0 aliphatic carbocycles. The molecular weight excluding hydrogens is 336 g/mol. The first kappa shape index (κ1) is 63.0. The molecule has 0 aromatic rings. The van der Waals surface area contributed by atoms with E-state index in [-0.39, 0.29) is 7.43 Å². The topological polar surface area (TPSA) is 0 Å². The van der Waals surface area contributed by atoms with Crippen molar-refractivity contribution in [2.75, 3.05) is 0 Å². The van der Waals surface area contributed by atoms with E-state index >= 15 is 0 Å². The fraction of sp³-hybridized carbons (Fsp3) is 1.00. The molecule has 0 aromatic carbocycles. The first-order valence-corrected chi connectivity index (χ1v) is 12.7. The summed E-state index contributed by atoms with van der Waals surface area (Å²) in [6.45, 7) is 38.2. The van der Waals surface area contributed by atoms with Crippen LogP contribution in [0.4, 0.5) is 0 Å². The van der Waals surface area contributed by atoms with Crippen molar-refractivity contribution in [1.82, 2.24) is 0 Å². The summed E-state index contributed by atoms with van der Waals surface area (Å²) >= 11 is 0. The maximum Gasteiger partial charge on any atom is -0.0590 e. The van der Waals surface area contributed by atoms with Gasteiger partial charge in [-0.25, -0.2) is 0 Å². The van der Waals surface area contributed by atoms with Crippen molar-refractivity contribution >= 4 is 0 Å². The Hall–Kier alpha value is 0. The maximum absolute atomic E-state index is 2.12. The molecule has 0 fully saturated rings. The second kappa shape index (κ2) is 225. The van der Waals surface area contributed by atoms with Crippen molar-refractivity contribution in [2.45, 2.75) is 190 Å². The summed E-state index contributed by atoms with van der Waals surface area (Å²) in [5, 5.41) is 0. The van der Waals surface area contributed by atoms with Crippen LogP contribution in [0.3, 0.4) is 0 Å². The molecule has 0 atom stereocenters. The Morgan fingerprint density at radius 1 is 0.179 bits per heavy atom. The van der Waals surface area contributed by atoms with Crippen LogP contribution in [0.15, 0.2) is 0 Å². The molecule has 0 radical (unpaired) electrons. The molecule has 188 valence electrons. The molecule has 0 N–H and O–H groups in total. The zero-order chi connectivity index (χ0) is 24.4. The van der Waals surface area contributed by atoms with Gasteiger partial charge < -0.3 is 0 Å². The van der Waals surface area contributed by atoms with Crippen molar-refractivity contribution in [3.63, 3.8) is 0 Å². The van der Waals surface area contributed by atoms with Crippen molar-refractivity contribution in [3.8, 4) is 0 Å². The van der Waals surface area contributed by atoms with Gasteiger partial charge in [-0.15, -0.1) is 0 Å². The van der Waals surface area contributed by atoms with Crippen LogP contribution in [0.1, 0.15) is 190 Å². The van der Waals surface area contributed by atoms with E-state index in [0.717, 1.165) is 0 Å². The van der Waals surface area contributed by atoms with Gasteiger partial charge in [-0.1, -0.05) is 190 Å². The molecule has 0 nitrogen and oxygen atoms in total. The highest BCUT2D eigenvalue weighted by atomic mass is 13.4. The van der Waals surface area contributed by atoms with Crippen LogP contribution in [0.25, 0.3) is 0 Å². The smallest absolute Gasteiger partial charge is 0.0590 e. The van der Waals surface area contributed by atoms with Gasteiger partial charge in [-0.2, -0.15) is 0 Å². The predicted molar refractivity (Wildman–Crippen MR) is 150 cm³/mol. The van der Waals surface area contributed by atoms with E-state index in [1.165, 1.54) is 57.8 Å². The van der Waals surface area contributed by atoms with E-state index in [1.807, 2.05) is 0 Å². The zero-order valence-corrected chi connectivity index (χ0v) is 24.4. The largest absolute Gasteiger partial charge is 0.0776 e. The average molecular weight is 413 g/mol. The Labute approximate surface area is 190 Å². The van der Waals surface area contributed by atoms with Crippen molar-refractivity contribution in [3.05, 3.63) is 0 Å². The first-order valence-electron chi connectivity index (χ1n) is 12.7. The lowest BCUT2D eigenvalue weighted by atomic mass is 10.6. The van der Waals surface area contributed by atoms with Gasteiger partial charge in [0.2, 0.25) is 0 Å². The van der Waals surface area contributed by atoms with Gasteiger partial charge in [-0.05, 0) is 0 Å². The molecule has 0 aliphatic rings. The second-order valence-electron chi connectivity index (χ2n) is 6.36. The van der Waals surface area contributed by atoms with E-state index in [4.69, 9.17) is 0 Å². The van der Waals surface area contributed by atoms with Gasteiger partial charge in [0, 0.05) is 0 Å². The summed E-state index contributed by atoms with van der Waals surface area (Å²) in [6.07, 6.45) is 11.2. The van der Waals surface area contributed by atoms with Gasteiger partial charge >= 0.3 is 0 Å². The Morgan fingerprint density at radius 2 is 0.179 bits per heavy atom. The normalized spacial score (nSPS) is 5.79. The molecule has 0 heteroatoms. The molecule has 28 heavy (non-hydrogen) atoms. The lowest BCUT2D eigenvalue weighted by molar-refractivity contribution is 1.09.